The van der Waals surface area contributed by atoms with Crippen molar-refractivity contribution in [1.82, 2.24) is 0 Å². The molecule has 80 valence electrons. The van der Waals surface area contributed by atoms with Crippen molar-refractivity contribution in [2.24, 2.45) is 4.99 Å². The molecular formula is C10H9F2NO2. The van der Waals surface area contributed by atoms with Crippen molar-refractivity contribution in [3.05, 3.63) is 35.4 Å². The highest BCUT2D eigenvalue weighted by atomic mass is 19.2. The van der Waals surface area contributed by atoms with E-state index in [1.807, 2.05) is 0 Å². The second-order valence-electron chi connectivity index (χ2n) is 2.72. The molecule has 0 spiro atoms. The number of hydrogen-bond acceptors (Lipinski definition) is 3. The minimum atomic E-state index is -0.947. The Morgan fingerprint density at radius 1 is 1.47 bits per heavy atom. The van der Waals surface area contributed by atoms with E-state index in [4.69, 9.17) is 0 Å². The number of nitrogens with zero attached hydrogens (tertiary/aromatic N) is 1. The molecule has 15 heavy (non-hydrogen) atoms. The van der Waals surface area contributed by atoms with Gasteiger partial charge >= 0.3 is 5.97 Å². The fourth-order valence-electron chi connectivity index (χ4n) is 0.883. The highest BCUT2D eigenvalue weighted by molar-refractivity contribution is 5.82. The number of benzene rings is 1. The van der Waals surface area contributed by atoms with Crippen LogP contribution in [0.2, 0.25) is 0 Å². The van der Waals surface area contributed by atoms with Gasteiger partial charge in [0, 0.05) is 6.21 Å². The quantitative estimate of drug-likeness (QED) is 0.564. The number of esters is 1. The molecule has 1 rings (SSSR count). The molecule has 0 heterocycles. The molecule has 0 saturated carbocycles. The Bertz CT molecular complexity index is 391. The van der Waals surface area contributed by atoms with Gasteiger partial charge in [0.2, 0.25) is 0 Å². The second-order valence-corrected chi connectivity index (χ2v) is 2.72. The van der Waals surface area contributed by atoms with Crippen LogP contribution in [0.1, 0.15) is 5.56 Å². The first-order chi connectivity index (χ1) is 7.13. The summed E-state index contributed by atoms with van der Waals surface area (Å²) < 4.78 is 29.6. The number of carbonyl (C=O) groups excluding carboxylic acids is 1. The molecule has 0 unspecified atom stereocenters. The van der Waals surface area contributed by atoms with Gasteiger partial charge in [0.1, 0.15) is 6.54 Å². The van der Waals surface area contributed by atoms with E-state index in [0.717, 1.165) is 12.1 Å². The summed E-state index contributed by atoms with van der Waals surface area (Å²) in [6.07, 6.45) is 1.28. The summed E-state index contributed by atoms with van der Waals surface area (Å²) in [6.45, 7) is -0.143. The van der Waals surface area contributed by atoms with Crippen molar-refractivity contribution in [2.45, 2.75) is 0 Å². The van der Waals surface area contributed by atoms with Crippen LogP contribution < -0.4 is 0 Å². The summed E-state index contributed by atoms with van der Waals surface area (Å²) in [4.78, 5) is 14.3. The van der Waals surface area contributed by atoms with Crippen molar-refractivity contribution in [1.29, 1.82) is 0 Å². The summed E-state index contributed by atoms with van der Waals surface area (Å²) >= 11 is 0. The molecule has 0 saturated heterocycles. The van der Waals surface area contributed by atoms with Gasteiger partial charge < -0.3 is 4.74 Å². The minimum absolute atomic E-state index is 0.143. The van der Waals surface area contributed by atoms with E-state index >= 15 is 0 Å². The predicted molar refractivity (Wildman–Crippen MR) is 50.8 cm³/mol. The van der Waals surface area contributed by atoms with Crippen LogP contribution in [-0.2, 0) is 9.53 Å². The van der Waals surface area contributed by atoms with Gasteiger partial charge in [-0.25, -0.2) is 8.78 Å². The molecule has 0 atom stereocenters. The van der Waals surface area contributed by atoms with Crippen LogP contribution in [-0.4, -0.2) is 25.8 Å². The molecule has 0 aromatic heterocycles. The molecule has 0 fully saturated rings. The summed E-state index contributed by atoms with van der Waals surface area (Å²) in [5.74, 6) is -2.36. The Balaban J connectivity index is 2.65. The zero-order chi connectivity index (χ0) is 11.3. The third kappa shape index (κ3) is 3.46. The van der Waals surface area contributed by atoms with Gasteiger partial charge in [-0.05, 0) is 17.7 Å². The molecule has 0 N–H and O–H groups in total. The smallest absolute Gasteiger partial charge is 0.327 e. The maximum absolute atomic E-state index is 12.7. The van der Waals surface area contributed by atoms with Gasteiger partial charge in [-0.2, -0.15) is 0 Å². The number of hydrogen-bond donors (Lipinski definition) is 0. The Hall–Kier alpha value is -1.78. The second kappa shape index (κ2) is 5.19. The summed E-state index contributed by atoms with van der Waals surface area (Å²) in [6, 6.07) is 3.35. The first-order valence-electron chi connectivity index (χ1n) is 4.15. The van der Waals surface area contributed by atoms with E-state index in [9.17, 15) is 13.6 Å². The lowest BCUT2D eigenvalue weighted by atomic mass is 10.2. The van der Waals surface area contributed by atoms with Crippen LogP contribution in [0.4, 0.5) is 8.78 Å². The van der Waals surface area contributed by atoms with Crippen molar-refractivity contribution < 1.29 is 18.3 Å². The van der Waals surface area contributed by atoms with Crippen molar-refractivity contribution in [2.75, 3.05) is 13.7 Å². The number of ether oxygens (including phenoxy) is 1. The third-order valence-electron chi connectivity index (χ3n) is 1.63. The lowest BCUT2D eigenvalue weighted by Gasteiger charge is -1.95. The maximum atomic E-state index is 12.7. The van der Waals surface area contributed by atoms with E-state index in [1.165, 1.54) is 19.4 Å². The van der Waals surface area contributed by atoms with E-state index < -0.39 is 17.6 Å². The normalized spacial score (nSPS) is 10.6. The van der Waals surface area contributed by atoms with Gasteiger partial charge in [0.25, 0.3) is 0 Å². The molecule has 0 aliphatic rings. The van der Waals surface area contributed by atoms with Crippen molar-refractivity contribution in [3.63, 3.8) is 0 Å². The van der Waals surface area contributed by atoms with Crippen LogP contribution in [0.5, 0.6) is 0 Å². The molecular weight excluding hydrogens is 204 g/mol. The predicted octanol–water partition coefficient (Wildman–Crippen LogP) is 1.56. The lowest BCUT2D eigenvalue weighted by molar-refractivity contribution is -0.138. The van der Waals surface area contributed by atoms with Gasteiger partial charge in [0.05, 0.1) is 7.11 Å². The van der Waals surface area contributed by atoms with Crippen molar-refractivity contribution in [3.8, 4) is 0 Å². The van der Waals surface area contributed by atoms with E-state index in [-0.39, 0.29) is 6.54 Å². The number of halogens is 2. The number of rotatable bonds is 3. The molecule has 1 aromatic rings. The Kier molecular flexibility index (Phi) is 3.91. The van der Waals surface area contributed by atoms with Crippen molar-refractivity contribution >= 4 is 12.2 Å². The van der Waals surface area contributed by atoms with Crippen LogP contribution in [0.15, 0.2) is 23.2 Å². The minimum Gasteiger partial charge on any atom is -0.468 e. The maximum Gasteiger partial charge on any atom is 0.327 e. The zero-order valence-electron chi connectivity index (χ0n) is 8.04. The summed E-state index contributed by atoms with van der Waals surface area (Å²) in [7, 11) is 1.25. The van der Waals surface area contributed by atoms with Crippen LogP contribution in [0, 0.1) is 11.6 Å². The number of carbonyl (C=O) groups is 1. The molecule has 0 aliphatic carbocycles. The fourth-order valence-corrected chi connectivity index (χ4v) is 0.883. The van der Waals surface area contributed by atoms with Crippen LogP contribution in [0.3, 0.4) is 0 Å². The largest absolute Gasteiger partial charge is 0.468 e. The standard InChI is InChI=1S/C10H9F2NO2/c1-15-10(14)6-13-5-7-2-3-8(11)9(12)4-7/h2-5H,6H2,1H3/b13-5+. The SMILES string of the molecule is COC(=O)C/N=C/c1ccc(F)c(F)c1. The average molecular weight is 213 g/mol. The highest BCUT2D eigenvalue weighted by Gasteiger charge is 2.00. The van der Waals surface area contributed by atoms with Crippen LogP contribution in [0.25, 0.3) is 0 Å². The van der Waals surface area contributed by atoms with E-state index in [1.54, 1.807) is 0 Å². The monoisotopic (exact) mass is 213 g/mol. The summed E-state index contributed by atoms with van der Waals surface area (Å²) in [5.41, 5.74) is 0.387. The molecule has 1 aromatic carbocycles. The highest BCUT2D eigenvalue weighted by Crippen LogP contribution is 2.06. The first kappa shape index (κ1) is 11.3. The molecule has 0 amide bonds. The Morgan fingerprint density at radius 3 is 2.80 bits per heavy atom. The van der Waals surface area contributed by atoms with Gasteiger partial charge in [0.15, 0.2) is 11.6 Å². The first-order valence-corrected chi connectivity index (χ1v) is 4.15. The Labute approximate surface area is 85.4 Å². The lowest BCUT2D eigenvalue weighted by Crippen LogP contribution is -2.04. The molecule has 5 heteroatoms. The molecule has 3 nitrogen and oxygen atoms in total. The average Bonchev–Trinajstić information content (AvgIpc) is 2.23. The molecule has 0 bridgehead atoms. The fraction of sp³-hybridized carbons (Fsp3) is 0.200. The van der Waals surface area contributed by atoms with Gasteiger partial charge in [-0.15, -0.1) is 0 Å². The van der Waals surface area contributed by atoms with Crippen LogP contribution >= 0.6 is 0 Å². The topological polar surface area (TPSA) is 38.7 Å². The number of aliphatic imine (C=N–C) groups is 1. The summed E-state index contributed by atoms with van der Waals surface area (Å²) in [5, 5.41) is 0. The molecule has 0 aliphatic heterocycles. The number of methoxy groups -OCH3 is 1. The third-order valence-corrected chi connectivity index (χ3v) is 1.63. The van der Waals surface area contributed by atoms with Gasteiger partial charge in [-0.1, -0.05) is 6.07 Å². The molecule has 0 radical (unpaired) electrons. The Morgan fingerprint density at radius 2 is 2.20 bits per heavy atom. The van der Waals surface area contributed by atoms with E-state index in [2.05, 4.69) is 9.73 Å². The zero-order valence-corrected chi connectivity index (χ0v) is 8.04. The van der Waals surface area contributed by atoms with E-state index in [0.29, 0.717) is 5.56 Å². The van der Waals surface area contributed by atoms with Gasteiger partial charge in [-0.3, -0.25) is 9.79 Å².